The van der Waals surface area contributed by atoms with Gasteiger partial charge in [0, 0.05) is 37.8 Å². The molecule has 3 unspecified atom stereocenters. The first kappa shape index (κ1) is 13.9. The number of carbonyl (C=O) groups excluding carboxylic acids is 1. The molecular formula is C14H16FN3O3. The number of fused-ring (bicyclic) bond motifs is 1. The van der Waals surface area contributed by atoms with Crippen molar-refractivity contribution in [2.75, 3.05) is 19.6 Å². The van der Waals surface area contributed by atoms with Gasteiger partial charge in [-0.2, -0.15) is 0 Å². The quantitative estimate of drug-likeness (QED) is 0.661. The maximum Gasteiger partial charge on any atom is 0.270 e. The molecule has 1 amide bonds. The Bertz CT molecular complexity index is 607. The summed E-state index contributed by atoms with van der Waals surface area (Å²) in [6, 6.07) is 3.08. The molecule has 2 saturated heterocycles. The predicted octanol–water partition coefficient (Wildman–Crippen LogP) is 1.41. The van der Waals surface area contributed by atoms with Gasteiger partial charge in [-0.3, -0.25) is 14.9 Å². The number of benzene rings is 1. The monoisotopic (exact) mass is 293 g/mol. The highest BCUT2D eigenvalue weighted by atomic mass is 19.1. The molecule has 0 aliphatic carbocycles. The van der Waals surface area contributed by atoms with Gasteiger partial charge in [-0.1, -0.05) is 0 Å². The molecule has 0 saturated carbocycles. The molecule has 2 fully saturated rings. The third kappa shape index (κ3) is 2.27. The molecule has 7 heteroatoms. The van der Waals surface area contributed by atoms with Crippen LogP contribution in [0.25, 0.3) is 0 Å². The lowest BCUT2D eigenvalue weighted by molar-refractivity contribution is -0.384. The summed E-state index contributed by atoms with van der Waals surface area (Å²) in [6.07, 6.45) is 0. The number of rotatable bonds is 2. The van der Waals surface area contributed by atoms with Gasteiger partial charge in [0.1, 0.15) is 5.82 Å². The normalized spacial score (nSPS) is 27.7. The summed E-state index contributed by atoms with van der Waals surface area (Å²) in [4.78, 5) is 24.3. The van der Waals surface area contributed by atoms with Crippen molar-refractivity contribution in [3.05, 3.63) is 39.7 Å². The standard InChI is InChI=1S/C14H16FN3O3/c1-8-12-6-16-5-9(12)7-17(8)14(19)11-4-10(18(20)21)2-3-13(11)15/h2-4,8-9,12,16H,5-7H2,1H3. The third-order valence-corrected chi connectivity index (χ3v) is 4.59. The number of hydrogen-bond donors (Lipinski definition) is 1. The largest absolute Gasteiger partial charge is 0.335 e. The lowest BCUT2D eigenvalue weighted by atomic mass is 9.95. The van der Waals surface area contributed by atoms with E-state index in [1.807, 2.05) is 6.92 Å². The molecule has 6 nitrogen and oxygen atoms in total. The van der Waals surface area contributed by atoms with Crippen molar-refractivity contribution in [1.29, 1.82) is 0 Å². The van der Waals surface area contributed by atoms with Crippen LogP contribution >= 0.6 is 0 Å². The summed E-state index contributed by atoms with van der Waals surface area (Å²) in [5.74, 6) is -0.424. The van der Waals surface area contributed by atoms with E-state index in [-0.39, 0.29) is 17.3 Å². The highest BCUT2D eigenvalue weighted by molar-refractivity contribution is 5.95. The average molecular weight is 293 g/mol. The number of amides is 1. The van der Waals surface area contributed by atoms with E-state index >= 15 is 0 Å². The lowest BCUT2D eigenvalue weighted by Crippen LogP contribution is -2.38. The predicted molar refractivity (Wildman–Crippen MR) is 73.4 cm³/mol. The first-order valence-corrected chi connectivity index (χ1v) is 6.94. The Hall–Kier alpha value is -2.02. The van der Waals surface area contributed by atoms with Crippen LogP contribution in [0.15, 0.2) is 18.2 Å². The number of nitro benzene ring substituents is 1. The van der Waals surface area contributed by atoms with E-state index < -0.39 is 16.6 Å². The van der Waals surface area contributed by atoms with Gasteiger partial charge in [-0.15, -0.1) is 0 Å². The van der Waals surface area contributed by atoms with Crippen molar-refractivity contribution in [3.63, 3.8) is 0 Å². The van der Waals surface area contributed by atoms with Crippen molar-refractivity contribution < 1.29 is 14.1 Å². The number of hydrogen-bond acceptors (Lipinski definition) is 4. The summed E-state index contributed by atoms with van der Waals surface area (Å²) in [5.41, 5.74) is -0.488. The Morgan fingerprint density at radius 1 is 1.48 bits per heavy atom. The zero-order valence-electron chi connectivity index (χ0n) is 11.6. The number of nitro groups is 1. The molecule has 112 valence electrons. The molecule has 2 heterocycles. The Kier molecular flexibility index (Phi) is 3.36. The Balaban J connectivity index is 1.89. The second kappa shape index (κ2) is 5.07. The van der Waals surface area contributed by atoms with Crippen LogP contribution in [0.4, 0.5) is 10.1 Å². The molecule has 21 heavy (non-hydrogen) atoms. The number of nitrogens with zero attached hydrogens (tertiary/aromatic N) is 2. The van der Waals surface area contributed by atoms with Gasteiger partial charge < -0.3 is 10.2 Å². The van der Waals surface area contributed by atoms with Crippen LogP contribution in [0, 0.1) is 27.8 Å². The minimum atomic E-state index is -0.715. The number of halogens is 1. The van der Waals surface area contributed by atoms with Gasteiger partial charge >= 0.3 is 0 Å². The molecule has 0 spiro atoms. The molecule has 2 aliphatic heterocycles. The van der Waals surface area contributed by atoms with Crippen LogP contribution in [0.1, 0.15) is 17.3 Å². The van der Waals surface area contributed by atoms with E-state index in [4.69, 9.17) is 0 Å². The summed E-state index contributed by atoms with van der Waals surface area (Å²) in [7, 11) is 0. The van der Waals surface area contributed by atoms with Crippen LogP contribution in [0.3, 0.4) is 0 Å². The smallest absolute Gasteiger partial charge is 0.270 e. The van der Waals surface area contributed by atoms with Crippen LogP contribution in [-0.2, 0) is 0 Å². The zero-order chi connectivity index (χ0) is 15.1. The van der Waals surface area contributed by atoms with Gasteiger partial charge in [0.25, 0.3) is 11.6 Å². The molecule has 3 atom stereocenters. The van der Waals surface area contributed by atoms with E-state index in [2.05, 4.69) is 5.32 Å². The molecule has 1 aromatic rings. The van der Waals surface area contributed by atoms with Crippen LogP contribution in [0.2, 0.25) is 0 Å². The maximum absolute atomic E-state index is 13.9. The van der Waals surface area contributed by atoms with Crippen molar-refractivity contribution in [1.82, 2.24) is 10.2 Å². The summed E-state index contributed by atoms with van der Waals surface area (Å²) < 4.78 is 13.9. The fraction of sp³-hybridized carbons (Fsp3) is 0.500. The second-order valence-electron chi connectivity index (χ2n) is 5.70. The fourth-order valence-corrected chi connectivity index (χ4v) is 3.38. The fourth-order valence-electron chi connectivity index (χ4n) is 3.38. The van der Waals surface area contributed by atoms with Crippen molar-refractivity contribution in [2.24, 2.45) is 11.8 Å². The van der Waals surface area contributed by atoms with E-state index in [1.54, 1.807) is 4.90 Å². The molecule has 2 aliphatic rings. The zero-order valence-corrected chi connectivity index (χ0v) is 11.6. The van der Waals surface area contributed by atoms with Crippen LogP contribution in [0.5, 0.6) is 0 Å². The van der Waals surface area contributed by atoms with Crippen molar-refractivity contribution in [3.8, 4) is 0 Å². The summed E-state index contributed by atoms with van der Waals surface area (Å²) in [5, 5.41) is 14.1. The molecule has 0 radical (unpaired) electrons. The SMILES string of the molecule is CC1C2CNCC2CN1C(=O)c1cc([N+](=O)[O-])ccc1F. The molecule has 3 rings (SSSR count). The Morgan fingerprint density at radius 3 is 2.90 bits per heavy atom. The lowest BCUT2D eigenvalue weighted by Gasteiger charge is -2.24. The summed E-state index contributed by atoms with van der Waals surface area (Å²) >= 11 is 0. The third-order valence-electron chi connectivity index (χ3n) is 4.59. The number of non-ortho nitro benzene ring substituents is 1. The van der Waals surface area contributed by atoms with E-state index in [1.165, 1.54) is 0 Å². The average Bonchev–Trinajstić information content (AvgIpc) is 3.02. The molecule has 1 N–H and O–H groups in total. The van der Waals surface area contributed by atoms with Gasteiger partial charge in [-0.05, 0) is 24.8 Å². The maximum atomic E-state index is 13.9. The number of likely N-dealkylation sites (tertiary alicyclic amines) is 1. The first-order chi connectivity index (χ1) is 9.99. The first-order valence-electron chi connectivity index (χ1n) is 6.94. The topological polar surface area (TPSA) is 75.5 Å². The van der Waals surface area contributed by atoms with E-state index in [9.17, 15) is 19.3 Å². The van der Waals surface area contributed by atoms with Crippen LogP contribution in [-0.4, -0.2) is 41.4 Å². The molecule has 1 aromatic carbocycles. The molecule has 0 bridgehead atoms. The Morgan fingerprint density at radius 2 is 2.24 bits per heavy atom. The number of carbonyl (C=O) groups is 1. The molecular weight excluding hydrogens is 277 g/mol. The second-order valence-corrected chi connectivity index (χ2v) is 5.70. The van der Waals surface area contributed by atoms with Crippen molar-refractivity contribution >= 4 is 11.6 Å². The van der Waals surface area contributed by atoms with Crippen LogP contribution < -0.4 is 5.32 Å². The van der Waals surface area contributed by atoms with Gasteiger partial charge in [0.05, 0.1) is 10.5 Å². The number of nitrogens with one attached hydrogen (secondary N) is 1. The highest BCUT2D eigenvalue weighted by Crippen LogP contribution is 2.33. The minimum Gasteiger partial charge on any atom is -0.335 e. The highest BCUT2D eigenvalue weighted by Gasteiger charge is 2.44. The molecule has 0 aromatic heterocycles. The van der Waals surface area contributed by atoms with Crippen molar-refractivity contribution in [2.45, 2.75) is 13.0 Å². The van der Waals surface area contributed by atoms with Gasteiger partial charge in [0.15, 0.2) is 0 Å². The van der Waals surface area contributed by atoms with Gasteiger partial charge in [0.2, 0.25) is 0 Å². The summed E-state index contributed by atoms with van der Waals surface area (Å²) in [6.45, 7) is 4.23. The Labute approximate surface area is 121 Å². The van der Waals surface area contributed by atoms with Gasteiger partial charge in [-0.25, -0.2) is 4.39 Å². The minimum absolute atomic E-state index is 0.0103. The van der Waals surface area contributed by atoms with E-state index in [0.29, 0.717) is 18.4 Å². The van der Waals surface area contributed by atoms with E-state index in [0.717, 1.165) is 31.3 Å².